The fraction of sp³-hybridized carbons (Fsp3) is 0.447. The van der Waals surface area contributed by atoms with E-state index in [2.05, 4.69) is 44.5 Å². The van der Waals surface area contributed by atoms with Crippen LogP contribution in [0.15, 0.2) is 60.9 Å². The minimum Gasteiger partial charge on any atom is -0.497 e. The van der Waals surface area contributed by atoms with Crippen LogP contribution in [0.3, 0.4) is 0 Å². The number of hydrogen-bond acceptors (Lipinski definition) is 6. The molecule has 4 heterocycles. The Labute approximate surface area is 276 Å². The molecule has 1 saturated heterocycles. The van der Waals surface area contributed by atoms with E-state index < -0.39 is 11.3 Å². The number of aromatic nitrogens is 2. The average Bonchev–Trinajstić information content (AvgIpc) is 3.21. The molecule has 47 heavy (non-hydrogen) atoms. The van der Waals surface area contributed by atoms with Gasteiger partial charge >= 0.3 is 0 Å². The highest BCUT2D eigenvalue weighted by Gasteiger charge is 2.42. The summed E-state index contributed by atoms with van der Waals surface area (Å²) in [6.07, 6.45) is 11.1. The maximum absolute atomic E-state index is 14.8. The molecule has 9 nitrogen and oxygen atoms in total. The van der Waals surface area contributed by atoms with Crippen molar-refractivity contribution in [1.29, 1.82) is 0 Å². The van der Waals surface area contributed by atoms with E-state index in [9.17, 15) is 14.8 Å². The van der Waals surface area contributed by atoms with Crippen LogP contribution >= 0.6 is 0 Å². The van der Waals surface area contributed by atoms with Crippen molar-refractivity contribution in [3.8, 4) is 17.0 Å². The van der Waals surface area contributed by atoms with Crippen molar-refractivity contribution in [2.45, 2.75) is 70.9 Å². The number of methoxy groups -OCH3 is 1. The van der Waals surface area contributed by atoms with Crippen molar-refractivity contribution in [3.63, 3.8) is 0 Å². The van der Waals surface area contributed by atoms with Gasteiger partial charge in [-0.1, -0.05) is 31.4 Å². The molecule has 2 amide bonds. The summed E-state index contributed by atoms with van der Waals surface area (Å²) in [4.78, 5) is 36.3. The first-order valence-electron chi connectivity index (χ1n) is 17.1. The summed E-state index contributed by atoms with van der Waals surface area (Å²) in [5.74, 6) is 0.795. The van der Waals surface area contributed by atoms with Gasteiger partial charge in [0.25, 0.3) is 5.91 Å². The van der Waals surface area contributed by atoms with Gasteiger partial charge in [-0.3, -0.25) is 24.7 Å². The highest BCUT2D eigenvalue weighted by Crippen LogP contribution is 2.49. The third-order valence-corrected chi connectivity index (χ3v) is 10.7. The van der Waals surface area contributed by atoms with Crippen molar-refractivity contribution >= 4 is 22.7 Å². The summed E-state index contributed by atoms with van der Waals surface area (Å²) in [6.45, 7) is 6.56. The lowest BCUT2D eigenvalue weighted by molar-refractivity contribution is -0.141. The van der Waals surface area contributed by atoms with Crippen molar-refractivity contribution in [2.24, 2.45) is 5.41 Å². The average molecular weight is 636 g/mol. The van der Waals surface area contributed by atoms with Crippen LogP contribution in [0.1, 0.15) is 78.4 Å². The van der Waals surface area contributed by atoms with Crippen LogP contribution in [-0.4, -0.2) is 69.7 Å². The zero-order valence-electron chi connectivity index (χ0n) is 27.5. The quantitative estimate of drug-likeness (QED) is 0.194. The molecule has 3 aliphatic rings. The van der Waals surface area contributed by atoms with Crippen LogP contribution in [0.25, 0.3) is 22.2 Å². The van der Waals surface area contributed by atoms with Gasteiger partial charge in [-0.15, -0.1) is 0 Å². The molecule has 0 bridgehead atoms. The Kier molecular flexibility index (Phi) is 8.77. The Balaban J connectivity index is 1.31. The second kappa shape index (κ2) is 13.1. The molecule has 1 aliphatic carbocycles. The normalized spacial score (nSPS) is 20.6. The maximum Gasteiger partial charge on any atom is 0.274 e. The number of fused-ring (bicyclic) bond motifs is 5. The van der Waals surface area contributed by atoms with Crippen LogP contribution in [0.5, 0.6) is 5.75 Å². The molecule has 2 aromatic heterocycles. The van der Waals surface area contributed by atoms with Gasteiger partial charge in [-0.2, -0.15) is 0 Å². The molecule has 4 aromatic rings. The number of nitrogens with one attached hydrogen (secondary N) is 1. The highest BCUT2D eigenvalue weighted by atomic mass is 16.5. The molecule has 1 saturated carbocycles. The third kappa shape index (κ3) is 6.03. The number of rotatable bonds is 6. The van der Waals surface area contributed by atoms with E-state index in [-0.39, 0.29) is 5.91 Å². The van der Waals surface area contributed by atoms with E-state index >= 15 is 0 Å². The molecule has 2 aromatic carbocycles. The molecule has 9 heteroatoms. The first kappa shape index (κ1) is 31.4. The van der Waals surface area contributed by atoms with Crippen LogP contribution in [0.4, 0.5) is 0 Å². The number of ether oxygens (including phenoxy) is 1. The molecule has 2 fully saturated rings. The number of amides is 2. The SMILES string of the molecule is COc1ccc2c(c1)CC(C)(C(=O)N1CCCN(Cc3cccnc3)CC1)Cn1c-2c(C2CCCCC2)c2ccc(C(=O)NO)cc21. The predicted octanol–water partition coefficient (Wildman–Crippen LogP) is 6.18. The Morgan fingerprint density at radius 1 is 1.02 bits per heavy atom. The molecular weight excluding hydrogens is 590 g/mol. The number of benzene rings is 2. The molecule has 2 aliphatic heterocycles. The van der Waals surface area contributed by atoms with Gasteiger partial charge in [-0.05, 0) is 91.6 Å². The smallest absolute Gasteiger partial charge is 0.274 e. The van der Waals surface area contributed by atoms with Crippen molar-refractivity contribution in [2.75, 3.05) is 33.3 Å². The van der Waals surface area contributed by atoms with Crippen LogP contribution in [0, 0.1) is 5.41 Å². The number of pyridine rings is 1. The summed E-state index contributed by atoms with van der Waals surface area (Å²) < 4.78 is 8.03. The molecule has 2 N–H and O–H groups in total. The Morgan fingerprint density at radius 3 is 2.64 bits per heavy atom. The molecule has 1 atom stereocenters. The highest BCUT2D eigenvalue weighted by molar-refractivity contribution is 6.01. The Bertz CT molecular complexity index is 1780. The van der Waals surface area contributed by atoms with Gasteiger partial charge in [0.05, 0.1) is 18.2 Å². The zero-order chi connectivity index (χ0) is 32.5. The summed E-state index contributed by atoms with van der Waals surface area (Å²) in [5.41, 5.74) is 8.29. The van der Waals surface area contributed by atoms with Crippen LogP contribution in [-0.2, 0) is 24.3 Å². The first-order chi connectivity index (χ1) is 22.9. The second-order valence-corrected chi connectivity index (χ2v) is 13.9. The number of hydroxylamine groups is 1. The first-order valence-corrected chi connectivity index (χ1v) is 17.1. The topological polar surface area (TPSA) is 99.9 Å². The lowest BCUT2D eigenvalue weighted by Crippen LogP contribution is -2.47. The predicted molar refractivity (Wildman–Crippen MR) is 182 cm³/mol. The number of carbonyl (C=O) groups is 2. The molecular formula is C38H45N5O4. The van der Waals surface area contributed by atoms with Gasteiger partial charge in [0.15, 0.2) is 0 Å². The molecule has 0 spiro atoms. The van der Waals surface area contributed by atoms with Gasteiger partial charge < -0.3 is 14.2 Å². The lowest BCUT2D eigenvalue weighted by atomic mass is 9.79. The molecule has 7 rings (SSSR count). The van der Waals surface area contributed by atoms with Gasteiger partial charge in [-0.25, -0.2) is 5.48 Å². The van der Waals surface area contributed by atoms with Gasteiger partial charge in [0.2, 0.25) is 5.91 Å². The fourth-order valence-electron chi connectivity index (χ4n) is 8.35. The lowest BCUT2D eigenvalue weighted by Gasteiger charge is -2.34. The maximum atomic E-state index is 14.8. The minimum absolute atomic E-state index is 0.160. The largest absolute Gasteiger partial charge is 0.497 e. The van der Waals surface area contributed by atoms with E-state index in [1.807, 2.05) is 35.9 Å². The van der Waals surface area contributed by atoms with E-state index in [1.54, 1.807) is 19.4 Å². The third-order valence-electron chi connectivity index (χ3n) is 10.7. The molecule has 1 unspecified atom stereocenters. The Morgan fingerprint density at radius 2 is 1.87 bits per heavy atom. The number of nitrogens with zero attached hydrogens (tertiary/aromatic N) is 4. The van der Waals surface area contributed by atoms with E-state index in [1.165, 1.54) is 30.4 Å². The standard InChI is InChI=1S/C38H45N5O4/c1-38(37(45)42-17-7-16-41(18-19-42)24-26-8-6-15-39-23-26)22-29-20-30(47-2)12-14-31(29)35-34(27-9-4-3-5-10-27)32-13-11-28(36(44)40-46)21-33(32)43(35)25-38/h6,8,11-15,20-21,23,27,46H,3-5,7,9-10,16-19,22,24-25H2,1-2H3,(H,40,44). The monoisotopic (exact) mass is 635 g/mol. The number of carbonyl (C=O) groups excluding carboxylic acids is 2. The summed E-state index contributed by atoms with van der Waals surface area (Å²) in [7, 11) is 1.69. The summed E-state index contributed by atoms with van der Waals surface area (Å²) in [5, 5.41) is 10.6. The van der Waals surface area contributed by atoms with Crippen LogP contribution < -0.4 is 10.2 Å². The van der Waals surface area contributed by atoms with Crippen molar-refractivity contribution in [3.05, 3.63) is 83.2 Å². The summed E-state index contributed by atoms with van der Waals surface area (Å²) >= 11 is 0. The van der Waals surface area contributed by atoms with Crippen molar-refractivity contribution < 1.29 is 19.5 Å². The van der Waals surface area contributed by atoms with Crippen LogP contribution in [0.2, 0.25) is 0 Å². The Hall–Kier alpha value is -4.21. The van der Waals surface area contributed by atoms with Crippen molar-refractivity contribution in [1.82, 2.24) is 24.8 Å². The van der Waals surface area contributed by atoms with Gasteiger partial charge in [0.1, 0.15) is 5.75 Å². The number of hydrogen-bond donors (Lipinski definition) is 2. The second-order valence-electron chi connectivity index (χ2n) is 13.9. The van der Waals surface area contributed by atoms with E-state index in [4.69, 9.17) is 4.74 Å². The van der Waals surface area contributed by atoms with E-state index in [0.29, 0.717) is 31.0 Å². The van der Waals surface area contributed by atoms with Gasteiger partial charge in [0, 0.05) is 73.7 Å². The minimum atomic E-state index is -0.740. The molecule has 0 radical (unpaired) electrons. The molecule has 246 valence electrons. The fourth-order valence-corrected chi connectivity index (χ4v) is 8.35. The summed E-state index contributed by atoms with van der Waals surface area (Å²) in [6, 6.07) is 16.1. The zero-order valence-corrected chi connectivity index (χ0v) is 27.5. The van der Waals surface area contributed by atoms with E-state index in [0.717, 1.165) is 78.9 Å².